The van der Waals surface area contributed by atoms with Crippen molar-refractivity contribution < 1.29 is 14.6 Å². The van der Waals surface area contributed by atoms with Crippen molar-refractivity contribution in [2.24, 2.45) is 5.92 Å². The zero-order chi connectivity index (χ0) is 13.8. The Balaban J connectivity index is 2.86. The van der Waals surface area contributed by atoms with Gasteiger partial charge in [-0.25, -0.2) is 4.68 Å². The van der Waals surface area contributed by atoms with Crippen molar-refractivity contribution in [3.05, 3.63) is 5.82 Å². The number of nitrogens with zero attached hydrogens (tertiary/aromatic N) is 4. The third-order valence-electron chi connectivity index (χ3n) is 3.14. The predicted molar refractivity (Wildman–Crippen MR) is 63.9 cm³/mol. The second-order valence-corrected chi connectivity index (χ2v) is 4.68. The molecule has 0 spiro atoms. The first kappa shape index (κ1) is 14.6. The van der Waals surface area contributed by atoms with Crippen molar-refractivity contribution in [2.45, 2.75) is 45.8 Å². The van der Waals surface area contributed by atoms with Gasteiger partial charge in [-0.05, 0) is 29.7 Å². The van der Waals surface area contributed by atoms with Crippen LogP contribution in [0.3, 0.4) is 0 Å². The van der Waals surface area contributed by atoms with E-state index in [-0.39, 0.29) is 12.3 Å². The van der Waals surface area contributed by atoms with Gasteiger partial charge < -0.3 is 9.84 Å². The van der Waals surface area contributed by atoms with Gasteiger partial charge in [-0.3, -0.25) is 4.79 Å². The van der Waals surface area contributed by atoms with Crippen LogP contribution < -0.4 is 0 Å². The van der Waals surface area contributed by atoms with Crippen molar-refractivity contribution in [1.82, 2.24) is 20.2 Å². The summed E-state index contributed by atoms with van der Waals surface area (Å²) in [5.41, 5.74) is -0.549. The van der Waals surface area contributed by atoms with Crippen LogP contribution in [0.5, 0.6) is 0 Å². The Morgan fingerprint density at radius 2 is 2.28 bits per heavy atom. The second-order valence-electron chi connectivity index (χ2n) is 4.68. The van der Waals surface area contributed by atoms with E-state index in [1.54, 1.807) is 11.8 Å². The number of hydrogen-bond donors (Lipinski definition) is 1. The number of carboxylic acid groups (broad SMARTS) is 1. The number of aliphatic carboxylic acids is 1. The zero-order valence-electron chi connectivity index (χ0n) is 11.3. The van der Waals surface area contributed by atoms with E-state index < -0.39 is 11.6 Å². The van der Waals surface area contributed by atoms with Gasteiger partial charge in [0.05, 0.1) is 0 Å². The van der Waals surface area contributed by atoms with E-state index in [0.29, 0.717) is 12.4 Å². The van der Waals surface area contributed by atoms with Crippen molar-refractivity contribution >= 4 is 5.97 Å². The summed E-state index contributed by atoms with van der Waals surface area (Å²) in [7, 11) is 1.61. The van der Waals surface area contributed by atoms with Crippen LogP contribution in [0.15, 0.2) is 0 Å². The number of tetrazole rings is 1. The molecule has 0 bridgehead atoms. The van der Waals surface area contributed by atoms with Crippen LogP contribution in [-0.4, -0.2) is 38.4 Å². The summed E-state index contributed by atoms with van der Waals surface area (Å²) in [5, 5.41) is 20.3. The molecule has 7 nitrogen and oxygen atoms in total. The Morgan fingerprint density at radius 1 is 1.61 bits per heavy atom. The van der Waals surface area contributed by atoms with Gasteiger partial charge in [0.15, 0.2) is 5.82 Å². The minimum atomic E-state index is -0.817. The molecule has 0 saturated carbocycles. The first-order valence-corrected chi connectivity index (χ1v) is 5.96. The van der Waals surface area contributed by atoms with E-state index in [9.17, 15) is 4.79 Å². The molecule has 0 aliphatic rings. The van der Waals surface area contributed by atoms with Gasteiger partial charge in [0, 0.05) is 20.1 Å². The summed E-state index contributed by atoms with van der Waals surface area (Å²) in [6.07, 6.45) is 0.826. The number of ether oxygens (including phenoxy) is 1. The molecular weight excluding hydrogens is 236 g/mol. The highest BCUT2D eigenvalue weighted by Crippen LogP contribution is 2.26. The fraction of sp³-hybridized carbons (Fsp3) is 0.818. The van der Waals surface area contributed by atoms with Gasteiger partial charge in [0.1, 0.15) is 5.60 Å². The first-order chi connectivity index (χ1) is 8.42. The predicted octanol–water partition coefficient (Wildman–Crippen LogP) is 1.06. The van der Waals surface area contributed by atoms with E-state index in [1.165, 1.54) is 0 Å². The third-order valence-corrected chi connectivity index (χ3v) is 3.14. The maximum atomic E-state index is 10.6. The number of carbonyl (C=O) groups is 1. The highest BCUT2D eigenvalue weighted by molar-refractivity contribution is 5.66. The summed E-state index contributed by atoms with van der Waals surface area (Å²) < 4.78 is 7.08. The molecule has 1 aromatic heterocycles. The molecule has 0 saturated heterocycles. The number of aromatic nitrogens is 4. The highest BCUT2D eigenvalue weighted by atomic mass is 16.5. The lowest BCUT2D eigenvalue weighted by Crippen LogP contribution is -2.29. The van der Waals surface area contributed by atoms with Crippen LogP contribution in [0.4, 0.5) is 0 Å². The van der Waals surface area contributed by atoms with Crippen molar-refractivity contribution in [1.29, 1.82) is 0 Å². The Labute approximate surface area is 106 Å². The Morgan fingerprint density at radius 3 is 2.78 bits per heavy atom. The SMILES string of the molecule is CCC(C)(OC)c1nnnn1CC(C)CC(=O)O. The van der Waals surface area contributed by atoms with Crippen LogP contribution in [-0.2, 0) is 21.7 Å². The topological polar surface area (TPSA) is 90.1 Å². The van der Waals surface area contributed by atoms with Crippen LogP contribution in [0.1, 0.15) is 39.4 Å². The minimum absolute atomic E-state index is 0.0392. The molecular formula is C11H20N4O3. The van der Waals surface area contributed by atoms with Gasteiger partial charge in [0.25, 0.3) is 0 Å². The number of hydrogen-bond acceptors (Lipinski definition) is 5. The van der Waals surface area contributed by atoms with E-state index in [0.717, 1.165) is 6.42 Å². The van der Waals surface area contributed by atoms with Crippen molar-refractivity contribution in [2.75, 3.05) is 7.11 Å². The maximum absolute atomic E-state index is 10.6. The molecule has 0 amide bonds. The van der Waals surface area contributed by atoms with Gasteiger partial charge >= 0.3 is 5.97 Å². The molecule has 1 rings (SSSR count). The average Bonchev–Trinajstić information content (AvgIpc) is 2.75. The van der Waals surface area contributed by atoms with Crippen LogP contribution >= 0.6 is 0 Å². The number of methoxy groups -OCH3 is 1. The Hall–Kier alpha value is -1.50. The largest absolute Gasteiger partial charge is 0.481 e. The first-order valence-electron chi connectivity index (χ1n) is 5.96. The molecule has 0 aliphatic carbocycles. The van der Waals surface area contributed by atoms with Crippen LogP contribution in [0.2, 0.25) is 0 Å². The molecule has 2 atom stereocenters. The summed E-state index contributed by atoms with van der Waals surface area (Å²) in [6, 6.07) is 0. The summed E-state index contributed by atoms with van der Waals surface area (Å²) >= 11 is 0. The zero-order valence-corrected chi connectivity index (χ0v) is 11.3. The number of rotatable bonds is 7. The van der Waals surface area contributed by atoms with E-state index in [1.807, 2.05) is 20.8 Å². The van der Waals surface area contributed by atoms with Crippen LogP contribution in [0.25, 0.3) is 0 Å². The van der Waals surface area contributed by atoms with E-state index in [2.05, 4.69) is 15.5 Å². The fourth-order valence-corrected chi connectivity index (χ4v) is 1.76. The lowest BCUT2D eigenvalue weighted by Gasteiger charge is -2.25. The van der Waals surface area contributed by atoms with Gasteiger partial charge in [-0.15, -0.1) is 5.10 Å². The molecule has 2 unspecified atom stereocenters. The van der Waals surface area contributed by atoms with Gasteiger partial charge in [0.2, 0.25) is 0 Å². The Bertz CT molecular complexity index is 401. The third kappa shape index (κ3) is 3.25. The second kappa shape index (κ2) is 5.90. The van der Waals surface area contributed by atoms with E-state index >= 15 is 0 Å². The van der Waals surface area contributed by atoms with Crippen LogP contribution in [0, 0.1) is 5.92 Å². The summed E-state index contributed by atoms with van der Waals surface area (Å²) in [4.78, 5) is 10.6. The normalized spacial score (nSPS) is 16.2. The fourth-order valence-electron chi connectivity index (χ4n) is 1.76. The van der Waals surface area contributed by atoms with Crippen molar-refractivity contribution in [3.63, 3.8) is 0 Å². The molecule has 102 valence electrons. The molecule has 7 heteroatoms. The molecule has 1 N–H and O–H groups in total. The minimum Gasteiger partial charge on any atom is -0.481 e. The molecule has 18 heavy (non-hydrogen) atoms. The molecule has 1 aromatic rings. The van der Waals surface area contributed by atoms with Gasteiger partial charge in [-0.1, -0.05) is 13.8 Å². The monoisotopic (exact) mass is 256 g/mol. The smallest absolute Gasteiger partial charge is 0.303 e. The Kier molecular flexibility index (Phi) is 4.77. The van der Waals surface area contributed by atoms with Crippen molar-refractivity contribution in [3.8, 4) is 0 Å². The quantitative estimate of drug-likeness (QED) is 0.784. The van der Waals surface area contributed by atoms with E-state index in [4.69, 9.17) is 9.84 Å². The molecule has 0 aromatic carbocycles. The maximum Gasteiger partial charge on any atom is 0.303 e. The summed E-state index contributed by atoms with van der Waals surface area (Å²) in [5.74, 6) is -0.227. The molecule has 1 heterocycles. The highest BCUT2D eigenvalue weighted by Gasteiger charge is 2.31. The lowest BCUT2D eigenvalue weighted by molar-refractivity contribution is -0.138. The average molecular weight is 256 g/mol. The molecule has 0 radical (unpaired) electrons. The molecule has 0 fully saturated rings. The lowest BCUT2D eigenvalue weighted by atomic mass is 10.0. The number of carboxylic acids is 1. The van der Waals surface area contributed by atoms with Gasteiger partial charge in [-0.2, -0.15) is 0 Å². The summed E-state index contributed by atoms with van der Waals surface area (Å²) in [6.45, 7) is 6.23. The standard InChI is InChI=1S/C11H20N4O3/c1-5-11(3,18-4)10-12-13-14-15(10)7-8(2)6-9(16)17/h8H,5-7H2,1-4H3,(H,16,17). The molecule has 0 aliphatic heterocycles.